The molecule has 0 aliphatic carbocycles. The van der Waals surface area contributed by atoms with Gasteiger partial charge in [0.1, 0.15) is 5.75 Å². The quantitative estimate of drug-likeness (QED) is 0.730. The van der Waals surface area contributed by atoms with Gasteiger partial charge in [0.25, 0.3) is 0 Å². The Bertz CT molecular complexity index is 509. The Morgan fingerprint density at radius 1 is 1.50 bits per heavy atom. The van der Waals surface area contributed by atoms with Crippen molar-refractivity contribution in [2.45, 2.75) is 4.90 Å². The van der Waals surface area contributed by atoms with E-state index in [1.807, 2.05) is 0 Å². The van der Waals surface area contributed by atoms with Crippen LogP contribution in [-0.4, -0.2) is 32.4 Å². The van der Waals surface area contributed by atoms with E-state index in [4.69, 9.17) is 15.6 Å². The van der Waals surface area contributed by atoms with Crippen molar-refractivity contribution in [2.24, 2.45) is 0 Å². The molecule has 0 heterocycles. The van der Waals surface area contributed by atoms with Gasteiger partial charge in [-0.15, -0.1) is 0 Å². The number of sulfone groups is 1. The fraction of sp³-hybridized carbons (Fsp3) is 0.222. The van der Waals surface area contributed by atoms with Gasteiger partial charge in [0, 0.05) is 6.07 Å². The van der Waals surface area contributed by atoms with Gasteiger partial charge in [0.05, 0.1) is 17.7 Å². The van der Waals surface area contributed by atoms with Crippen LogP contribution in [0.15, 0.2) is 23.1 Å². The molecule has 0 saturated carbocycles. The molecule has 1 aromatic carbocycles. The molecular formula is C9H11NO5S. The predicted octanol–water partition coefficient (Wildman–Crippen LogP) is 0.136. The van der Waals surface area contributed by atoms with Crippen molar-refractivity contribution in [2.75, 3.05) is 18.6 Å². The van der Waals surface area contributed by atoms with E-state index in [-0.39, 0.29) is 16.3 Å². The Morgan fingerprint density at radius 3 is 2.62 bits per heavy atom. The fourth-order valence-electron chi connectivity index (χ4n) is 1.13. The lowest BCUT2D eigenvalue weighted by Gasteiger charge is -2.07. The van der Waals surface area contributed by atoms with E-state index in [2.05, 4.69) is 0 Å². The van der Waals surface area contributed by atoms with E-state index in [0.29, 0.717) is 0 Å². The molecule has 0 saturated heterocycles. The summed E-state index contributed by atoms with van der Waals surface area (Å²) in [6.07, 6.45) is 0. The van der Waals surface area contributed by atoms with Crippen LogP contribution in [0.1, 0.15) is 0 Å². The molecule has 0 aliphatic heterocycles. The normalized spacial score (nSPS) is 11.1. The summed E-state index contributed by atoms with van der Waals surface area (Å²) >= 11 is 0. The summed E-state index contributed by atoms with van der Waals surface area (Å²) in [5.41, 5.74) is 5.80. The maximum Gasteiger partial charge on any atom is 0.319 e. The number of hydrogen-bond acceptors (Lipinski definition) is 5. The minimum Gasteiger partial charge on any atom is -0.495 e. The van der Waals surface area contributed by atoms with Gasteiger partial charge >= 0.3 is 5.97 Å². The second kappa shape index (κ2) is 4.40. The van der Waals surface area contributed by atoms with Gasteiger partial charge in [-0.3, -0.25) is 4.79 Å². The maximum atomic E-state index is 11.5. The Labute approximate surface area is 92.6 Å². The number of carboxylic acid groups (broad SMARTS) is 1. The van der Waals surface area contributed by atoms with Crippen molar-refractivity contribution in [3.8, 4) is 5.75 Å². The van der Waals surface area contributed by atoms with E-state index >= 15 is 0 Å². The van der Waals surface area contributed by atoms with Crippen molar-refractivity contribution in [1.82, 2.24) is 0 Å². The molecule has 0 atom stereocenters. The Balaban J connectivity index is 3.19. The van der Waals surface area contributed by atoms with Crippen molar-refractivity contribution in [1.29, 1.82) is 0 Å². The standard InChI is InChI=1S/C9H11NO5S/c1-15-8-4-6(2-3-7(8)10)16(13,14)5-9(11)12/h2-4H,5,10H2,1H3,(H,11,12). The Hall–Kier alpha value is -1.76. The van der Waals surface area contributed by atoms with Crippen LogP contribution in [0, 0.1) is 0 Å². The lowest BCUT2D eigenvalue weighted by molar-refractivity contribution is -0.134. The number of benzene rings is 1. The average Bonchev–Trinajstić information content (AvgIpc) is 2.16. The molecule has 16 heavy (non-hydrogen) atoms. The van der Waals surface area contributed by atoms with E-state index in [1.165, 1.54) is 25.3 Å². The average molecular weight is 245 g/mol. The molecule has 88 valence electrons. The molecule has 0 amide bonds. The minimum atomic E-state index is -3.84. The summed E-state index contributed by atoms with van der Waals surface area (Å²) in [5, 5.41) is 8.46. The molecule has 1 rings (SSSR count). The predicted molar refractivity (Wildman–Crippen MR) is 57.1 cm³/mol. The summed E-state index contributed by atoms with van der Waals surface area (Å²) < 4.78 is 27.9. The molecule has 0 fully saturated rings. The van der Waals surface area contributed by atoms with Crippen molar-refractivity contribution < 1.29 is 23.1 Å². The fourth-order valence-corrected chi connectivity index (χ4v) is 2.18. The number of carboxylic acids is 1. The topological polar surface area (TPSA) is 107 Å². The van der Waals surface area contributed by atoms with Gasteiger partial charge in [-0.1, -0.05) is 0 Å². The highest BCUT2D eigenvalue weighted by Gasteiger charge is 2.19. The van der Waals surface area contributed by atoms with Gasteiger partial charge in [-0.25, -0.2) is 8.42 Å². The minimum absolute atomic E-state index is 0.124. The summed E-state index contributed by atoms with van der Waals surface area (Å²) in [7, 11) is -2.50. The van der Waals surface area contributed by atoms with Crippen molar-refractivity contribution in [3.05, 3.63) is 18.2 Å². The first kappa shape index (κ1) is 12.3. The SMILES string of the molecule is COc1cc(S(=O)(=O)CC(=O)O)ccc1N. The zero-order chi connectivity index (χ0) is 12.3. The molecule has 6 nitrogen and oxygen atoms in total. The van der Waals surface area contributed by atoms with E-state index in [0.717, 1.165) is 0 Å². The van der Waals surface area contributed by atoms with Gasteiger partial charge in [0.2, 0.25) is 0 Å². The van der Waals surface area contributed by atoms with Gasteiger partial charge in [0.15, 0.2) is 15.6 Å². The van der Waals surface area contributed by atoms with Crippen molar-refractivity contribution >= 4 is 21.5 Å². The number of nitrogens with two attached hydrogens (primary N) is 1. The maximum absolute atomic E-state index is 11.5. The van der Waals surface area contributed by atoms with Crippen LogP contribution in [0.5, 0.6) is 5.75 Å². The number of anilines is 1. The van der Waals surface area contributed by atoms with E-state index in [9.17, 15) is 13.2 Å². The molecule has 0 aliphatic rings. The summed E-state index contributed by atoms with van der Waals surface area (Å²) in [4.78, 5) is 10.3. The number of hydrogen-bond donors (Lipinski definition) is 2. The third kappa shape index (κ3) is 2.63. The Kier molecular flexibility index (Phi) is 3.38. The summed E-state index contributed by atoms with van der Waals surface area (Å²) in [6.45, 7) is 0. The van der Waals surface area contributed by atoms with Crippen LogP contribution in [-0.2, 0) is 14.6 Å². The molecule has 0 spiro atoms. The Morgan fingerprint density at radius 2 is 2.12 bits per heavy atom. The van der Waals surface area contributed by atoms with Gasteiger partial charge < -0.3 is 15.6 Å². The van der Waals surface area contributed by atoms with Crippen LogP contribution < -0.4 is 10.5 Å². The first-order chi connectivity index (χ1) is 7.36. The van der Waals surface area contributed by atoms with Crippen LogP contribution in [0.4, 0.5) is 5.69 Å². The number of rotatable bonds is 4. The first-order valence-electron chi connectivity index (χ1n) is 4.25. The second-order valence-corrected chi connectivity index (χ2v) is 5.05. The molecule has 0 radical (unpaired) electrons. The molecule has 0 bridgehead atoms. The van der Waals surface area contributed by atoms with E-state index in [1.54, 1.807) is 0 Å². The lowest BCUT2D eigenvalue weighted by Crippen LogP contribution is -2.15. The number of nitrogen functional groups attached to an aromatic ring is 1. The molecule has 3 N–H and O–H groups in total. The number of methoxy groups -OCH3 is 1. The highest BCUT2D eigenvalue weighted by atomic mass is 32.2. The van der Waals surface area contributed by atoms with Crippen LogP contribution in [0.3, 0.4) is 0 Å². The number of carbonyl (C=O) groups is 1. The highest BCUT2D eigenvalue weighted by molar-refractivity contribution is 7.92. The zero-order valence-electron chi connectivity index (χ0n) is 8.50. The molecule has 0 unspecified atom stereocenters. The van der Waals surface area contributed by atoms with Crippen LogP contribution >= 0.6 is 0 Å². The number of aliphatic carboxylic acids is 1. The van der Waals surface area contributed by atoms with Gasteiger partial charge in [-0.05, 0) is 12.1 Å². The molecule has 7 heteroatoms. The zero-order valence-corrected chi connectivity index (χ0v) is 9.32. The molecular weight excluding hydrogens is 234 g/mol. The highest BCUT2D eigenvalue weighted by Crippen LogP contribution is 2.25. The summed E-state index contributed by atoms with van der Waals surface area (Å²) in [6, 6.07) is 3.80. The first-order valence-corrected chi connectivity index (χ1v) is 5.90. The van der Waals surface area contributed by atoms with Gasteiger partial charge in [-0.2, -0.15) is 0 Å². The second-order valence-electron chi connectivity index (χ2n) is 3.06. The lowest BCUT2D eigenvalue weighted by atomic mass is 10.3. The molecule has 0 aromatic heterocycles. The molecule has 1 aromatic rings. The third-order valence-corrected chi connectivity index (χ3v) is 3.48. The van der Waals surface area contributed by atoms with Crippen molar-refractivity contribution in [3.63, 3.8) is 0 Å². The third-order valence-electron chi connectivity index (χ3n) is 1.88. The van der Waals surface area contributed by atoms with Crippen LogP contribution in [0.2, 0.25) is 0 Å². The summed E-state index contributed by atoms with van der Waals surface area (Å²) in [5.74, 6) is -2.16. The smallest absolute Gasteiger partial charge is 0.319 e. The number of ether oxygens (including phenoxy) is 1. The largest absolute Gasteiger partial charge is 0.495 e. The monoisotopic (exact) mass is 245 g/mol. The van der Waals surface area contributed by atoms with Crippen LogP contribution in [0.25, 0.3) is 0 Å². The van der Waals surface area contributed by atoms with E-state index < -0.39 is 21.6 Å².